The zero-order valence-electron chi connectivity index (χ0n) is 23.9. The van der Waals surface area contributed by atoms with E-state index in [0.717, 1.165) is 10.6 Å². The van der Waals surface area contributed by atoms with Crippen molar-refractivity contribution >= 4 is 33.5 Å². The molecular weight excluding hydrogens is 540 g/mol. The average molecular weight is 579 g/mol. The number of ether oxygens (including phenoxy) is 2. The largest absolute Gasteiger partial charge is 0.487 e. The van der Waals surface area contributed by atoms with E-state index in [1.807, 2.05) is 30.3 Å². The molecule has 0 bridgehead atoms. The summed E-state index contributed by atoms with van der Waals surface area (Å²) in [6, 6.07) is 11.6. The third-order valence-electron chi connectivity index (χ3n) is 5.18. The maximum atomic E-state index is 13.6. The van der Waals surface area contributed by atoms with Crippen LogP contribution in [0.25, 0.3) is 0 Å². The minimum atomic E-state index is -4.44. The number of carbonyl (C=O) groups excluding carboxylic acids is 3. The highest BCUT2D eigenvalue weighted by molar-refractivity contribution is 7.89. The summed E-state index contributed by atoms with van der Waals surface area (Å²) in [7, 11) is 1.56. The fraction of sp³-hybridized carbons (Fsp3) is 0.444. The Labute approximate surface area is 235 Å². The first-order chi connectivity index (χ1) is 18.6. The first-order valence-electron chi connectivity index (χ1n) is 12.4. The first-order valence-corrected chi connectivity index (χ1v) is 13.9. The molecule has 0 saturated carbocycles. The number of hydrogen-bond donors (Lipinski definition) is 2. The first kappa shape index (κ1) is 32.7. The van der Waals surface area contributed by atoms with Crippen LogP contribution < -0.4 is 14.8 Å². The van der Waals surface area contributed by atoms with Gasteiger partial charge in [-0.3, -0.25) is 19.2 Å². The maximum Gasteiger partial charge on any atom is 0.308 e. The maximum absolute atomic E-state index is 13.6. The highest BCUT2D eigenvalue weighted by Gasteiger charge is 2.33. The number of nitrogens with zero attached hydrogens (tertiary/aromatic N) is 2. The topological polar surface area (TPSA) is 144 Å². The van der Waals surface area contributed by atoms with Gasteiger partial charge in [0.1, 0.15) is 28.9 Å². The van der Waals surface area contributed by atoms with E-state index in [2.05, 4.69) is 10.0 Å². The Morgan fingerprint density at radius 2 is 1.65 bits per heavy atom. The minimum absolute atomic E-state index is 0.0329. The van der Waals surface area contributed by atoms with Gasteiger partial charge >= 0.3 is 5.97 Å². The van der Waals surface area contributed by atoms with Crippen LogP contribution >= 0.6 is 0 Å². The van der Waals surface area contributed by atoms with Crippen molar-refractivity contribution in [1.82, 2.24) is 14.7 Å². The molecule has 0 unspecified atom stereocenters. The Morgan fingerprint density at radius 3 is 2.23 bits per heavy atom. The van der Waals surface area contributed by atoms with Gasteiger partial charge in [-0.1, -0.05) is 30.3 Å². The standard InChI is InChI=1S/C27H38N4O8S/c1-27(2,3)39-25(33)16-21(26(34)31(6)37-7)29-40(35,36)23-14-13-20(28-24(32)17-30(4)5)15-22(23)38-18-19-11-9-8-10-12-19/h8-15,21,29H,16-18H2,1-7H3,(H,28,32)/t21-/m0/s1. The molecule has 0 spiro atoms. The van der Waals surface area contributed by atoms with Gasteiger partial charge in [0.05, 0.1) is 20.1 Å². The molecule has 0 saturated heterocycles. The molecule has 0 aromatic heterocycles. The van der Waals surface area contributed by atoms with Gasteiger partial charge in [-0.15, -0.1) is 0 Å². The van der Waals surface area contributed by atoms with Gasteiger partial charge in [-0.25, -0.2) is 13.5 Å². The number of carbonyl (C=O) groups is 3. The van der Waals surface area contributed by atoms with Crippen LogP contribution in [0.1, 0.15) is 32.8 Å². The number of amides is 2. The minimum Gasteiger partial charge on any atom is -0.487 e. The summed E-state index contributed by atoms with van der Waals surface area (Å²) < 4.78 is 40.6. The smallest absolute Gasteiger partial charge is 0.308 e. The van der Waals surface area contributed by atoms with E-state index in [1.165, 1.54) is 32.4 Å². The summed E-state index contributed by atoms with van der Waals surface area (Å²) in [4.78, 5) is 44.0. The van der Waals surface area contributed by atoms with Crippen LogP contribution in [0.4, 0.5) is 5.69 Å². The molecule has 0 aliphatic heterocycles. The van der Waals surface area contributed by atoms with Crippen molar-refractivity contribution in [3.05, 3.63) is 54.1 Å². The normalized spacial score (nSPS) is 12.5. The zero-order chi connectivity index (χ0) is 30.1. The van der Waals surface area contributed by atoms with Crippen LogP contribution in [0.2, 0.25) is 0 Å². The summed E-state index contributed by atoms with van der Waals surface area (Å²) in [6.07, 6.45) is -0.581. The zero-order valence-corrected chi connectivity index (χ0v) is 24.7. The third kappa shape index (κ3) is 10.6. The predicted octanol–water partition coefficient (Wildman–Crippen LogP) is 2.16. The Morgan fingerprint density at radius 1 is 1.00 bits per heavy atom. The van der Waals surface area contributed by atoms with Gasteiger partial charge in [-0.05, 0) is 52.6 Å². The van der Waals surface area contributed by atoms with E-state index < -0.39 is 40.0 Å². The van der Waals surface area contributed by atoms with Crippen LogP contribution in [0.3, 0.4) is 0 Å². The van der Waals surface area contributed by atoms with E-state index in [9.17, 15) is 22.8 Å². The van der Waals surface area contributed by atoms with Gasteiger partial charge in [0.2, 0.25) is 15.9 Å². The molecule has 2 amide bonds. The third-order valence-corrected chi connectivity index (χ3v) is 6.70. The number of nitrogens with one attached hydrogen (secondary N) is 2. The van der Waals surface area contributed by atoms with E-state index in [-0.39, 0.29) is 29.7 Å². The van der Waals surface area contributed by atoms with Crippen LogP contribution in [-0.2, 0) is 40.6 Å². The van der Waals surface area contributed by atoms with Crippen LogP contribution in [0.15, 0.2) is 53.4 Å². The number of sulfonamides is 1. The lowest BCUT2D eigenvalue weighted by Gasteiger charge is -2.25. The lowest BCUT2D eigenvalue weighted by atomic mass is 10.1. The fourth-order valence-electron chi connectivity index (χ4n) is 3.43. The second-order valence-electron chi connectivity index (χ2n) is 10.2. The number of anilines is 1. The monoisotopic (exact) mass is 578 g/mol. The van der Waals surface area contributed by atoms with Crippen molar-refractivity contribution in [2.45, 2.75) is 50.3 Å². The molecule has 2 aromatic rings. The lowest BCUT2D eigenvalue weighted by molar-refractivity contribution is -0.173. The molecule has 2 aromatic carbocycles. The second kappa shape index (κ2) is 14.2. The predicted molar refractivity (Wildman–Crippen MR) is 149 cm³/mol. The molecule has 2 N–H and O–H groups in total. The summed E-state index contributed by atoms with van der Waals surface area (Å²) in [5.41, 5.74) is 0.247. The Kier molecular flexibility index (Phi) is 11.6. The molecule has 1 atom stereocenters. The lowest BCUT2D eigenvalue weighted by Crippen LogP contribution is -2.48. The van der Waals surface area contributed by atoms with Crippen LogP contribution in [-0.4, -0.2) is 82.6 Å². The molecule has 40 heavy (non-hydrogen) atoms. The number of hydroxylamine groups is 2. The molecule has 0 radical (unpaired) electrons. The summed E-state index contributed by atoms with van der Waals surface area (Å²) in [5.74, 6) is -1.96. The number of likely N-dealkylation sites (N-methyl/N-ethyl adjacent to an activating group) is 2. The summed E-state index contributed by atoms with van der Waals surface area (Å²) >= 11 is 0. The molecule has 0 fully saturated rings. The quantitative estimate of drug-likeness (QED) is 0.270. The second-order valence-corrected chi connectivity index (χ2v) is 11.9. The summed E-state index contributed by atoms with van der Waals surface area (Å²) in [5, 5.41) is 3.52. The Bertz CT molecular complexity index is 1280. The molecule has 0 heterocycles. The number of hydrogen-bond acceptors (Lipinski definition) is 9. The van der Waals surface area contributed by atoms with Crippen molar-refractivity contribution in [2.75, 3.05) is 40.1 Å². The fourth-order valence-corrected chi connectivity index (χ4v) is 4.75. The van der Waals surface area contributed by atoms with Gasteiger partial charge in [0.15, 0.2) is 0 Å². The molecule has 2 rings (SSSR count). The van der Waals surface area contributed by atoms with E-state index >= 15 is 0 Å². The van der Waals surface area contributed by atoms with Crippen molar-refractivity contribution in [1.29, 1.82) is 0 Å². The summed E-state index contributed by atoms with van der Waals surface area (Å²) in [6.45, 7) is 5.11. The van der Waals surface area contributed by atoms with E-state index in [1.54, 1.807) is 39.8 Å². The average Bonchev–Trinajstić information content (AvgIpc) is 2.85. The number of esters is 1. The van der Waals surface area contributed by atoms with Crippen LogP contribution in [0.5, 0.6) is 5.75 Å². The molecule has 0 aliphatic rings. The Balaban J connectivity index is 2.43. The highest BCUT2D eigenvalue weighted by atomic mass is 32.2. The van der Waals surface area contributed by atoms with Crippen molar-refractivity contribution < 1.29 is 37.1 Å². The SMILES string of the molecule is CON(C)C(=O)[C@H](CC(=O)OC(C)(C)C)NS(=O)(=O)c1ccc(NC(=O)CN(C)C)cc1OCc1ccccc1. The molecule has 12 nitrogen and oxygen atoms in total. The van der Waals surface area contributed by atoms with Crippen molar-refractivity contribution in [3.63, 3.8) is 0 Å². The van der Waals surface area contributed by atoms with Gasteiger partial charge in [0.25, 0.3) is 5.91 Å². The number of rotatable bonds is 13. The van der Waals surface area contributed by atoms with Gasteiger partial charge < -0.3 is 19.7 Å². The van der Waals surface area contributed by atoms with Gasteiger partial charge in [-0.2, -0.15) is 4.72 Å². The number of benzene rings is 2. The Hall–Kier alpha value is -3.52. The van der Waals surface area contributed by atoms with Crippen LogP contribution in [0, 0.1) is 0 Å². The molecule has 220 valence electrons. The molecular formula is C27H38N4O8S. The molecule has 0 aliphatic carbocycles. The molecule has 13 heteroatoms. The van der Waals surface area contributed by atoms with Gasteiger partial charge in [0, 0.05) is 18.8 Å². The van der Waals surface area contributed by atoms with Crippen molar-refractivity contribution in [2.24, 2.45) is 0 Å². The van der Waals surface area contributed by atoms with Crippen molar-refractivity contribution in [3.8, 4) is 5.75 Å². The van der Waals surface area contributed by atoms with E-state index in [0.29, 0.717) is 5.69 Å². The van der Waals surface area contributed by atoms with E-state index in [4.69, 9.17) is 14.3 Å². The highest BCUT2D eigenvalue weighted by Crippen LogP contribution is 2.29.